The summed E-state index contributed by atoms with van der Waals surface area (Å²) in [5.41, 5.74) is 1.82. The maximum absolute atomic E-state index is 11.9. The fraction of sp³-hybridized carbons (Fsp3) is 0.462. The van der Waals surface area contributed by atoms with Gasteiger partial charge in [0, 0.05) is 19.3 Å². The molecule has 106 valence electrons. The number of imidazole rings is 1. The molecule has 2 N–H and O–H groups in total. The van der Waals surface area contributed by atoms with Crippen LogP contribution in [0.3, 0.4) is 0 Å². The SMILES string of the molecule is O=C1NCCCCC1NCc1cnc2cnc(Br)cn12. The van der Waals surface area contributed by atoms with Gasteiger partial charge >= 0.3 is 0 Å². The lowest BCUT2D eigenvalue weighted by molar-refractivity contribution is -0.122. The quantitative estimate of drug-likeness (QED) is 0.884. The molecule has 1 aliphatic rings. The first-order chi connectivity index (χ1) is 9.74. The Labute approximate surface area is 125 Å². The van der Waals surface area contributed by atoms with E-state index in [1.807, 2.05) is 16.8 Å². The molecule has 20 heavy (non-hydrogen) atoms. The zero-order valence-electron chi connectivity index (χ0n) is 11.0. The van der Waals surface area contributed by atoms with Crippen molar-refractivity contribution in [1.29, 1.82) is 0 Å². The lowest BCUT2D eigenvalue weighted by atomic mass is 10.1. The highest BCUT2D eigenvalue weighted by atomic mass is 79.9. The van der Waals surface area contributed by atoms with Crippen LogP contribution in [-0.2, 0) is 11.3 Å². The van der Waals surface area contributed by atoms with E-state index in [-0.39, 0.29) is 11.9 Å². The molecule has 1 atom stereocenters. The molecule has 0 spiro atoms. The first kappa shape index (κ1) is 13.5. The summed E-state index contributed by atoms with van der Waals surface area (Å²) in [6.07, 6.45) is 8.41. The van der Waals surface area contributed by atoms with Gasteiger partial charge in [-0.2, -0.15) is 0 Å². The molecule has 0 aromatic carbocycles. The summed E-state index contributed by atoms with van der Waals surface area (Å²) in [4.78, 5) is 20.3. The highest BCUT2D eigenvalue weighted by Gasteiger charge is 2.20. The Hall–Kier alpha value is -1.47. The third kappa shape index (κ3) is 2.83. The highest BCUT2D eigenvalue weighted by molar-refractivity contribution is 9.10. The monoisotopic (exact) mass is 337 g/mol. The topological polar surface area (TPSA) is 71.3 Å². The van der Waals surface area contributed by atoms with Crippen molar-refractivity contribution in [2.24, 2.45) is 0 Å². The molecule has 6 nitrogen and oxygen atoms in total. The Morgan fingerprint density at radius 3 is 3.20 bits per heavy atom. The number of nitrogens with one attached hydrogen (secondary N) is 2. The number of carbonyl (C=O) groups is 1. The normalized spacial score (nSPS) is 19.9. The van der Waals surface area contributed by atoms with Crippen molar-refractivity contribution >= 4 is 27.5 Å². The largest absolute Gasteiger partial charge is 0.355 e. The summed E-state index contributed by atoms with van der Waals surface area (Å²) in [7, 11) is 0. The van der Waals surface area contributed by atoms with E-state index in [2.05, 4.69) is 36.5 Å². The average molecular weight is 338 g/mol. The number of rotatable bonds is 3. The van der Waals surface area contributed by atoms with Crippen LogP contribution in [0.5, 0.6) is 0 Å². The minimum Gasteiger partial charge on any atom is -0.355 e. The van der Waals surface area contributed by atoms with E-state index in [1.54, 1.807) is 6.20 Å². The third-order valence-electron chi connectivity index (χ3n) is 3.51. The number of hydrogen-bond acceptors (Lipinski definition) is 4. The van der Waals surface area contributed by atoms with Crippen LogP contribution >= 0.6 is 15.9 Å². The van der Waals surface area contributed by atoms with Crippen molar-refractivity contribution in [2.45, 2.75) is 31.8 Å². The highest BCUT2D eigenvalue weighted by Crippen LogP contribution is 2.11. The zero-order chi connectivity index (χ0) is 13.9. The summed E-state index contributed by atoms with van der Waals surface area (Å²) in [5.74, 6) is 0.0965. The molecule has 0 aliphatic carbocycles. The standard InChI is InChI=1S/C13H16BrN5O/c14-11-8-19-9(6-18-12(19)7-17-11)5-16-10-3-1-2-4-15-13(10)20/h6-8,10,16H,1-5H2,(H,15,20). The van der Waals surface area contributed by atoms with Crippen molar-refractivity contribution in [3.63, 3.8) is 0 Å². The molecule has 3 heterocycles. The van der Waals surface area contributed by atoms with Crippen LogP contribution in [0.15, 0.2) is 23.2 Å². The van der Waals surface area contributed by atoms with Gasteiger partial charge in [0.15, 0.2) is 5.65 Å². The molecule has 1 fully saturated rings. The van der Waals surface area contributed by atoms with Gasteiger partial charge in [0.05, 0.1) is 24.1 Å². The van der Waals surface area contributed by atoms with Gasteiger partial charge in [-0.05, 0) is 35.2 Å². The molecule has 2 aromatic heterocycles. The van der Waals surface area contributed by atoms with Crippen molar-refractivity contribution in [1.82, 2.24) is 25.0 Å². The summed E-state index contributed by atoms with van der Waals surface area (Å²) < 4.78 is 2.73. The summed E-state index contributed by atoms with van der Waals surface area (Å²) in [5, 5.41) is 6.25. The molecule has 0 bridgehead atoms. The Kier molecular flexibility index (Phi) is 3.98. The van der Waals surface area contributed by atoms with Crippen LogP contribution in [0.2, 0.25) is 0 Å². The first-order valence-electron chi connectivity index (χ1n) is 6.72. The van der Waals surface area contributed by atoms with E-state index in [0.717, 1.165) is 41.8 Å². The Morgan fingerprint density at radius 2 is 2.30 bits per heavy atom. The number of halogens is 1. The predicted molar refractivity (Wildman–Crippen MR) is 78.2 cm³/mol. The van der Waals surface area contributed by atoms with Crippen molar-refractivity contribution in [3.8, 4) is 0 Å². The lowest BCUT2D eigenvalue weighted by Crippen LogP contribution is -2.42. The minimum absolute atomic E-state index is 0.0965. The van der Waals surface area contributed by atoms with E-state index in [1.165, 1.54) is 0 Å². The Bertz CT molecular complexity index is 626. The van der Waals surface area contributed by atoms with Gasteiger partial charge in [-0.3, -0.25) is 9.20 Å². The molecule has 1 amide bonds. The smallest absolute Gasteiger partial charge is 0.237 e. The average Bonchev–Trinajstić information content (AvgIpc) is 2.72. The molecule has 3 rings (SSSR count). The molecule has 2 aromatic rings. The molecular formula is C13H16BrN5O. The number of aromatic nitrogens is 3. The van der Waals surface area contributed by atoms with E-state index in [4.69, 9.17) is 0 Å². The molecule has 1 saturated heterocycles. The molecule has 0 saturated carbocycles. The third-order valence-corrected chi connectivity index (χ3v) is 3.92. The van der Waals surface area contributed by atoms with Crippen LogP contribution in [-0.4, -0.2) is 32.9 Å². The molecule has 0 radical (unpaired) electrons. The Morgan fingerprint density at radius 1 is 1.40 bits per heavy atom. The van der Waals surface area contributed by atoms with Crippen molar-refractivity contribution < 1.29 is 4.79 Å². The van der Waals surface area contributed by atoms with Crippen LogP contribution in [0, 0.1) is 0 Å². The van der Waals surface area contributed by atoms with E-state index in [0.29, 0.717) is 6.54 Å². The van der Waals surface area contributed by atoms with Gasteiger partial charge in [-0.25, -0.2) is 9.97 Å². The first-order valence-corrected chi connectivity index (χ1v) is 7.52. The number of amides is 1. The van der Waals surface area contributed by atoms with Gasteiger partial charge in [-0.15, -0.1) is 0 Å². The lowest BCUT2D eigenvalue weighted by Gasteiger charge is -2.14. The van der Waals surface area contributed by atoms with E-state index in [9.17, 15) is 4.79 Å². The summed E-state index contributed by atoms with van der Waals surface area (Å²) in [6, 6.07) is -0.117. The summed E-state index contributed by atoms with van der Waals surface area (Å²) >= 11 is 3.35. The fourth-order valence-electron chi connectivity index (χ4n) is 2.41. The second-order valence-corrected chi connectivity index (χ2v) is 5.72. The molecule has 7 heteroatoms. The fourth-order valence-corrected chi connectivity index (χ4v) is 2.72. The van der Waals surface area contributed by atoms with E-state index >= 15 is 0 Å². The second kappa shape index (κ2) is 5.88. The molecule has 1 unspecified atom stereocenters. The van der Waals surface area contributed by atoms with Gasteiger partial charge in [-0.1, -0.05) is 0 Å². The number of fused-ring (bicyclic) bond motifs is 1. The second-order valence-electron chi connectivity index (χ2n) is 4.91. The van der Waals surface area contributed by atoms with Gasteiger partial charge in [0.25, 0.3) is 0 Å². The van der Waals surface area contributed by atoms with E-state index < -0.39 is 0 Å². The van der Waals surface area contributed by atoms with Gasteiger partial charge in [0.2, 0.25) is 5.91 Å². The number of hydrogen-bond donors (Lipinski definition) is 2. The number of carbonyl (C=O) groups excluding carboxylic acids is 1. The van der Waals surface area contributed by atoms with Crippen LogP contribution < -0.4 is 10.6 Å². The molecule has 1 aliphatic heterocycles. The Balaban J connectivity index is 1.73. The summed E-state index contributed by atoms with van der Waals surface area (Å²) in [6.45, 7) is 1.39. The van der Waals surface area contributed by atoms with Crippen LogP contribution in [0.1, 0.15) is 25.0 Å². The van der Waals surface area contributed by atoms with Crippen LogP contribution in [0.25, 0.3) is 5.65 Å². The zero-order valence-corrected chi connectivity index (χ0v) is 12.6. The maximum Gasteiger partial charge on any atom is 0.237 e. The minimum atomic E-state index is -0.117. The van der Waals surface area contributed by atoms with Crippen molar-refractivity contribution in [2.75, 3.05) is 6.54 Å². The van der Waals surface area contributed by atoms with Gasteiger partial charge < -0.3 is 10.6 Å². The van der Waals surface area contributed by atoms with Crippen LogP contribution in [0.4, 0.5) is 0 Å². The maximum atomic E-state index is 11.9. The van der Waals surface area contributed by atoms with Crippen molar-refractivity contribution in [3.05, 3.63) is 28.9 Å². The predicted octanol–water partition coefficient (Wildman–Crippen LogP) is 1.25. The molecular weight excluding hydrogens is 322 g/mol. The van der Waals surface area contributed by atoms with Gasteiger partial charge in [0.1, 0.15) is 4.60 Å². The number of nitrogens with zero attached hydrogens (tertiary/aromatic N) is 3.